The number of carbonyl (C=O) groups excluding carboxylic acids is 3. The highest BCUT2D eigenvalue weighted by Crippen LogP contribution is 2.16. The first-order valence-corrected chi connectivity index (χ1v) is 28.8. The molecule has 0 unspecified atom stereocenters. The van der Waals surface area contributed by atoms with E-state index in [1.165, 1.54) is 154 Å². The molecule has 0 aliphatic rings. The molecule has 0 N–H and O–H groups in total. The third-order valence-electron chi connectivity index (χ3n) is 12.5. The number of ether oxygens (including phenoxy) is 3. The van der Waals surface area contributed by atoms with Gasteiger partial charge < -0.3 is 14.2 Å². The first-order chi connectivity index (χ1) is 33.0. The number of esters is 3. The highest BCUT2D eigenvalue weighted by atomic mass is 16.6. The maximum Gasteiger partial charge on any atom is 0.306 e. The fraction of sp³-hybridized carbons (Fsp3) is 0.787. The molecule has 0 aromatic carbocycles. The fourth-order valence-electron chi connectivity index (χ4n) is 8.13. The lowest BCUT2D eigenvalue weighted by atomic mass is 10.0. The van der Waals surface area contributed by atoms with Crippen LogP contribution in [0.25, 0.3) is 0 Å². The summed E-state index contributed by atoms with van der Waals surface area (Å²) in [6, 6.07) is 0. The third-order valence-corrected chi connectivity index (χ3v) is 12.5. The van der Waals surface area contributed by atoms with Gasteiger partial charge in [-0.25, -0.2) is 0 Å². The van der Waals surface area contributed by atoms with Crippen molar-refractivity contribution in [1.82, 2.24) is 0 Å². The Labute approximate surface area is 415 Å². The van der Waals surface area contributed by atoms with E-state index in [0.717, 1.165) is 96.3 Å². The normalized spacial score (nSPS) is 12.5. The van der Waals surface area contributed by atoms with E-state index in [4.69, 9.17) is 14.2 Å². The molecule has 0 aliphatic heterocycles. The summed E-state index contributed by atoms with van der Waals surface area (Å²) in [5.74, 6) is -0.901. The summed E-state index contributed by atoms with van der Waals surface area (Å²) >= 11 is 0. The first-order valence-electron chi connectivity index (χ1n) is 28.8. The smallest absolute Gasteiger partial charge is 0.306 e. The van der Waals surface area contributed by atoms with E-state index >= 15 is 0 Å². The Bertz CT molecular complexity index is 1210. The monoisotopic (exact) mass is 937 g/mol. The van der Waals surface area contributed by atoms with Crippen LogP contribution in [0, 0.1) is 0 Å². The average Bonchev–Trinajstić information content (AvgIpc) is 3.33. The summed E-state index contributed by atoms with van der Waals surface area (Å²) < 4.78 is 16.9. The number of hydrogen-bond donors (Lipinski definition) is 0. The van der Waals surface area contributed by atoms with Gasteiger partial charge in [0, 0.05) is 19.3 Å². The largest absolute Gasteiger partial charge is 0.462 e. The second-order valence-electron chi connectivity index (χ2n) is 19.2. The van der Waals surface area contributed by atoms with Crippen molar-refractivity contribution in [3.63, 3.8) is 0 Å². The highest BCUT2D eigenvalue weighted by Gasteiger charge is 2.19. The van der Waals surface area contributed by atoms with Gasteiger partial charge >= 0.3 is 17.9 Å². The standard InChI is InChI=1S/C61H108O6/c1-4-7-10-13-16-19-22-25-28-30-33-36-39-42-45-48-51-54-60(63)66-57-58(56-65-59(62)53-50-47-44-41-38-35-32-27-24-21-18-15-12-9-6-3)67-61(64)55-52-49-46-43-40-37-34-31-29-26-23-20-17-14-11-8-5-2/h16-17,19-20,25-26,28-29,33,36,58H,4-15,18,21-24,27,30-32,34-35,37-57H2,1-3H3/b19-16-,20-17-,28-25-,29-26-,36-33-/t58-/m1/s1. The van der Waals surface area contributed by atoms with E-state index in [1.807, 2.05) is 0 Å². The molecule has 0 aromatic heterocycles. The number of allylic oxidation sites excluding steroid dienone is 10. The zero-order valence-electron chi connectivity index (χ0n) is 44.4. The van der Waals surface area contributed by atoms with Gasteiger partial charge in [-0.3, -0.25) is 14.4 Å². The Balaban J connectivity index is 4.42. The molecule has 0 saturated carbocycles. The molecule has 0 amide bonds. The van der Waals surface area contributed by atoms with Crippen molar-refractivity contribution in [1.29, 1.82) is 0 Å². The Morgan fingerprint density at radius 2 is 0.537 bits per heavy atom. The Morgan fingerprint density at radius 3 is 0.866 bits per heavy atom. The number of rotatable bonds is 52. The summed E-state index contributed by atoms with van der Waals surface area (Å²) in [7, 11) is 0. The van der Waals surface area contributed by atoms with Crippen molar-refractivity contribution in [2.24, 2.45) is 0 Å². The maximum absolute atomic E-state index is 12.9. The molecular formula is C61H108O6. The van der Waals surface area contributed by atoms with Crippen LogP contribution in [0.1, 0.15) is 290 Å². The van der Waals surface area contributed by atoms with E-state index in [1.54, 1.807) is 0 Å². The van der Waals surface area contributed by atoms with Crippen LogP contribution in [0.3, 0.4) is 0 Å². The van der Waals surface area contributed by atoms with E-state index in [0.29, 0.717) is 19.3 Å². The van der Waals surface area contributed by atoms with Crippen molar-refractivity contribution in [2.75, 3.05) is 13.2 Å². The molecule has 0 radical (unpaired) electrons. The summed E-state index contributed by atoms with van der Waals surface area (Å²) in [6.45, 7) is 6.59. The summed E-state index contributed by atoms with van der Waals surface area (Å²) in [6.07, 6.45) is 69.1. The second-order valence-corrected chi connectivity index (χ2v) is 19.2. The molecule has 0 heterocycles. The maximum atomic E-state index is 12.9. The van der Waals surface area contributed by atoms with Crippen LogP contribution >= 0.6 is 0 Å². The SMILES string of the molecule is CCCCC/C=C\C/C=C\C/C=C\CCCCCCC(=O)OC[C@@H](COC(=O)CCCCCCCCCCCCCCCCC)OC(=O)CCCCCCCCC/C=C\C/C=C\CCCCC. The Morgan fingerprint density at radius 1 is 0.299 bits per heavy atom. The molecule has 0 saturated heterocycles. The first kappa shape index (κ1) is 64.1. The summed E-state index contributed by atoms with van der Waals surface area (Å²) in [5, 5.41) is 0. The second kappa shape index (κ2) is 55.7. The lowest BCUT2D eigenvalue weighted by Crippen LogP contribution is -2.30. The van der Waals surface area contributed by atoms with E-state index in [9.17, 15) is 14.4 Å². The van der Waals surface area contributed by atoms with Gasteiger partial charge in [-0.2, -0.15) is 0 Å². The molecule has 0 rings (SSSR count). The molecule has 0 bridgehead atoms. The van der Waals surface area contributed by atoms with Crippen LogP contribution in [-0.2, 0) is 28.6 Å². The molecule has 0 spiro atoms. The minimum atomic E-state index is -0.786. The van der Waals surface area contributed by atoms with Crippen molar-refractivity contribution >= 4 is 17.9 Å². The van der Waals surface area contributed by atoms with Crippen LogP contribution in [0.4, 0.5) is 0 Å². The quantitative estimate of drug-likeness (QED) is 0.0262. The zero-order chi connectivity index (χ0) is 48.6. The van der Waals surface area contributed by atoms with Crippen LogP contribution in [0.15, 0.2) is 60.8 Å². The summed E-state index contributed by atoms with van der Waals surface area (Å²) in [4.78, 5) is 38.2. The molecule has 0 aromatic rings. The lowest BCUT2D eigenvalue weighted by Gasteiger charge is -2.18. The van der Waals surface area contributed by atoms with Crippen LogP contribution in [0.2, 0.25) is 0 Å². The predicted molar refractivity (Wildman–Crippen MR) is 288 cm³/mol. The molecule has 0 aliphatic carbocycles. The minimum absolute atomic E-state index is 0.0823. The topological polar surface area (TPSA) is 78.9 Å². The highest BCUT2D eigenvalue weighted by molar-refractivity contribution is 5.71. The van der Waals surface area contributed by atoms with Gasteiger partial charge in [-0.1, -0.05) is 242 Å². The third kappa shape index (κ3) is 53.9. The molecule has 6 heteroatoms. The fourth-order valence-corrected chi connectivity index (χ4v) is 8.13. The lowest BCUT2D eigenvalue weighted by molar-refractivity contribution is -0.167. The molecule has 67 heavy (non-hydrogen) atoms. The van der Waals surface area contributed by atoms with E-state index in [2.05, 4.69) is 81.5 Å². The van der Waals surface area contributed by atoms with Gasteiger partial charge in [0.2, 0.25) is 0 Å². The molecule has 388 valence electrons. The number of carbonyl (C=O) groups is 3. The van der Waals surface area contributed by atoms with Crippen LogP contribution < -0.4 is 0 Å². The van der Waals surface area contributed by atoms with Crippen LogP contribution in [0.5, 0.6) is 0 Å². The molecule has 0 fully saturated rings. The van der Waals surface area contributed by atoms with E-state index in [-0.39, 0.29) is 31.1 Å². The van der Waals surface area contributed by atoms with Gasteiger partial charge in [0.15, 0.2) is 6.10 Å². The molecular weight excluding hydrogens is 829 g/mol. The summed E-state index contributed by atoms with van der Waals surface area (Å²) in [5.41, 5.74) is 0. The van der Waals surface area contributed by atoms with Crippen molar-refractivity contribution in [3.05, 3.63) is 60.8 Å². The van der Waals surface area contributed by atoms with Gasteiger partial charge in [0.1, 0.15) is 13.2 Å². The predicted octanol–water partition coefficient (Wildman–Crippen LogP) is 19.2. The van der Waals surface area contributed by atoms with Gasteiger partial charge in [-0.05, 0) is 89.9 Å². The van der Waals surface area contributed by atoms with Crippen molar-refractivity contribution in [3.8, 4) is 0 Å². The van der Waals surface area contributed by atoms with Crippen molar-refractivity contribution in [2.45, 2.75) is 297 Å². The van der Waals surface area contributed by atoms with Gasteiger partial charge in [0.25, 0.3) is 0 Å². The van der Waals surface area contributed by atoms with Gasteiger partial charge in [-0.15, -0.1) is 0 Å². The molecule has 1 atom stereocenters. The Kier molecular flexibility index (Phi) is 53.3. The minimum Gasteiger partial charge on any atom is -0.462 e. The molecule has 6 nitrogen and oxygen atoms in total. The number of unbranched alkanes of at least 4 members (excludes halogenated alkanes) is 31. The van der Waals surface area contributed by atoms with Gasteiger partial charge in [0.05, 0.1) is 0 Å². The van der Waals surface area contributed by atoms with E-state index < -0.39 is 6.10 Å². The number of hydrogen-bond acceptors (Lipinski definition) is 6. The Hall–Kier alpha value is -2.89. The zero-order valence-corrected chi connectivity index (χ0v) is 44.4. The van der Waals surface area contributed by atoms with Crippen molar-refractivity contribution < 1.29 is 28.6 Å². The van der Waals surface area contributed by atoms with Crippen LogP contribution in [-0.4, -0.2) is 37.2 Å². The average molecular weight is 938 g/mol.